The molecule has 1 saturated heterocycles. The molecule has 0 aliphatic carbocycles. The van der Waals surface area contributed by atoms with Gasteiger partial charge in [0.1, 0.15) is 0 Å². The van der Waals surface area contributed by atoms with Crippen LogP contribution in [0.15, 0.2) is 4.99 Å². The highest BCUT2D eigenvalue weighted by atomic mass is 32.1. The van der Waals surface area contributed by atoms with Crippen molar-refractivity contribution in [2.24, 2.45) is 10.9 Å². The van der Waals surface area contributed by atoms with Crippen molar-refractivity contribution in [3.8, 4) is 0 Å². The molecule has 0 spiro atoms. The van der Waals surface area contributed by atoms with E-state index in [1.165, 1.54) is 4.88 Å². The molecule has 0 atom stereocenters. The van der Waals surface area contributed by atoms with E-state index in [-0.39, 0.29) is 11.9 Å². The number of thiazole rings is 1. The number of nitrogens with one attached hydrogen (secondary N) is 1. The molecule has 1 aromatic rings. The second-order valence-electron chi connectivity index (χ2n) is 5.93. The van der Waals surface area contributed by atoms with Crippen LogP contribution >= 0.6 is 11.3 Å². The summed E-state index contributed by atoms with van der Waals surface area (Å²) in [6, 6.07) is 0. The lowest BCUT2D eigenvalue weighted by molar-refractivity contribution is -0.149. The van der Waals surface area contributed by atoms with Crippen molar-refractivity contribution < 1.29 is 9.53 Å². The maximum absolute atomic E-state index is 11.9. The molecule has 134 valence electrons. The van der Waals surface area contributed by atoms with E-state index in [1.54, 1.807) is 11.3 Å². The average Bonchev–Trinajstić information content (AvgIpc) is 2.89. The van der Waals surface area contributed by atoms with E-state index in [0.717, 1.165) is 49.1 Å². The fourth-order valence-corrected chi connectivity index (χ4v) is 3.74. The number of hydrogen-bond donors (Lipinski definition) is 1. The van der Waals surface area contributed by atoms with Crippen molar-refractivity contribution in [3.05, 3.63) is 15.6 Å². The van der Waals surface area contributed by atoms with Crippen LogP contribution in [0.25, 0.3) is 0 Å². The van der Waals surface area contributed by atoms with Gasteiger partial charge >= 0.3 is 5.97 Å². The minimum absolute atomic E-state index is 0.0236. The molecule has 0 saturated carbocycles. The summed E-state index contributed by atoms with van der Waals surface area (Å²) >= 11 is 1.71. The van der Waals surface area contributed by atoms with Gasteiger partial charge in [0.15, 0.2) is 5.96 Å². The van der Waals surface area contributed by atoms with Gasteiger partial charge < -0.3 is 15.0 Å². The number of nitrogens with zero attached hydrogens (tertiary/aromatic N) is 3. The first-order valence-corrected chi connectivity index (χ1v) is 9.49. The Morgan fingerprint density at radius 3 is 2.62 bits per heavy atom. The highest BCUT2D eigenvalue weighted by Crippen LogP contribution is 2.20. The van der Waals surface area contributed by atoms with E-state index in [2.05, 4.69) is 22.1 Å². The van der Waals surface area contributed by atoms with Crippen LogP contribution in [-0.2, 0) is 16.1 Å². The molecule has 2 heterocycles. The fourth-order valence-electron chi connectivity index (χ4n) is 2.88. The van der Waals surface area contributed by atoms with Crippen LogP contribution < -0.4 is 5.32 Å². The Kier molecular flexibility index (Phi) is 7.02. The van der Waals surface area contributed by atoms with Gasteiger partial charge in [0.25, 0.3) is 0 Å². The van der Waals surface area contributed by atoms with Crippen LogP contribution in [0.4, 0.5) is 0 Å². The lowest BCUT2D eigenvalue weighted by Gasteiger charge is -2.33. The number of esters is 1. The summed E-state index contributed by atoms with van der Waals surface area (Å²) in [7, 11) is 0. The first kappa shape index (κ1) is 18.7. The third-order valence-corrected chi connectivity index (χ3v) is 5.18. The monoisotopic (exact) mass is 352 g/mol. The average molecular weight is 353 g/mol. The predicted octanol–water partition coefficient (Wildman–Crippen LogP) is 2.50. The lowest BCUT2D eigenvalue weighted by atomic mass is 9.97. The number of aliphatic imine (C=N–C) groups is 1. The number of ether oxygens (including phenoxy) is 1. The van der Waals surface area contributed by atoms with Gasteiger partial charge in [0, 0.05) is 24.5 Å². The molecule has 0 unspecified atom stereocenters. The van der Waals surface area contributed by atoms with Crippen LogP contribution in [0.3, 0.4) is 0 Å². The maximum atomic E-state index is 11.9. The van der Waals surface area contributed by atoms with Crippen LogP contribution in [0.5, 0.6) is 0 Å². The zero-order valence-electron chi connectivity index (χ0n) is 15.1. The Hall–Kier alpha value is -1.63. The standard InChI is InChI=1S/C17H28N4O2S/c1-5-18-17(19-11-15-12(3)20-13(4)24-15)21-9-7-14(8-10-21)16(22)23-6-2/h14H,5-11H2,1-4H3,(H,18,19). The molecule has 1 N–H and O–H groups in total. The van der Waals surface area contributed by atoms with Crippen LogP contribution in [-0.4, -0.2) is 48.1 Å². The van der Waals surface area contributed by atoms with Crippen molar-refractivity contribution in [3.63, 3.8) is 0 Å². The molecule has 1 aromatic heterocycles. The zero-order valence-corrected chi connectivity index (χ0v) is 15.9. The van der Waals surface area contributed by atoms with Crippen molar-refractivity contribution >= 4 is 23.3 Å². The number of rotatable bonds is 5. The van der Waals surface area contributed by atoms with Gasteiger partial charge in [-0.25, -0.2) is 9.98 Å². The smallest absolute Gasteiger partial charge is 0.309 e. The molecule has 1 aliphatic heterocycles. The lowest BCUT2D eigenvalue weighted by Crippen LogP contribution is -2.46. The van der Waals surface area contributed by atoms with Gasteiger partial charge in [0.2, 0.25) is 0 Å². The number of carbonyl (C=O) groups is 1. The van der Waals surface area contributed by atoms with E-state index in [1.807, 2.05) is 20.8 Å². The summed E-state index contributed by atoms with van der Waals surface area (Å²) in [5.74, 6) is 0.885. The second-order valence-corrected chi connectivity index (χ2v) is 7.21. The third kappa shape index (κ3) is 4.93. The number of piperidine rings is 1. The van der Waals surface area contributed by atoms with Crippen molar-refractivity contribution in [1.82, 2.24) is 15.2 Å². The Morgan fingerprint density at radius 1 is 1.38 bits per heavy atom. The topological polar surface area (TPSA) is 66.8 Å². The fraction of sp³-hybridized carbons (Fsp3) is 0.706. The van der Waals surface area contributed by atoms with Gasteiger partial charge in [-0.15, -0.1) is 11.3 Å². The minimum Gasteiger partial charge on any atom is -0.466 e. The van der Waals surface area contributed by atoms with Gasteiger partial charge in [-0.2, -0.15) is 0 Å². The Labute approximate surface area is 148 Å². The zero-order chi connectivity index (χ0) is 17.5. The van der Waals surface area contributed by atoms with E-state index in [0.29, 0.717) is 13.2 Å². The van der Waals surface area contributed by atoms with Crippen molar-refractivity contribution in [2.75, 3.05) is 26.2 Å². The first-order chi connectivity index (χ1) is 11.5. The van der Waals surface area contributed by atoms with E-state index < -0.39 is 0 Å². The molecule has 1 aliphatic rings. The van der Waals surface area contributed by atoms with Gasteiger partial charge in [-0.3, -0.25) is 4.79 Å². The summed E-state index contributed by atoms with van der Waals surface area (Å²) in [4.78, 5) is 24.5. The van der Waals surface area contributed by atoms with Gasteiger partial charge in [0.05, 0.1) is 29.8 Å². The minimum atomic E-state index is -0.0603. The summed E-state index contributed by atoms with van der Waals surface area (Å²) < 4.78 is 5.14. The molecule has 1 fully saturated rings. The van der Waals surface area contributed by atoms with E-state index >= 15 is 0 Å². The quantitative estimate of drug-likeness (QED) is 0.501. The van der Waals surface area contributed by atoms with Crippen molar-refractivity contribution in [1.29, 1.82) is 0 Å². The predicted molar refractivity (Wildman–Crippen MR) is 97.3 cm³/mol. The van der Waals surface area contributed by atoms with Gasteiger partial charge in [-0.05, 0) is 40.5 Å². The van der Waals surface area contributed by atoms with E-state index in [9.17, 15) is 4.79 Å². The summed E-state index contributed by atoms with van der Waals surface area (Å²) in [6.07, 6.45) is 1.64. The molecule has 24 heavy (non-hydrogen) atoms. The van der Waals surface area contributed by atoms with Crippen LogP contribution in [0.2, 0.25) is 0 Å². The molecule has 6 nitrogen and oxygen atoms in total. The molecule has 7 heteroatoms. The molecule has 2 rings (SSSR count). The highest BCUT2D eigenvalue weighted by Gasteiger charge is 2.27. The molecular weight excluding hydrogens is 324 g/mol. The Morgan fingerprint density at radius 2 is 2.08 bits per heavy atom. The third-order valence-electron chi connectivity index (χ3n) is 4.12. The molecule has 0 amide bonds. The normalized spacial score (nSPS) is 16.3. The maximum Gasteiger partial charge on any atom is 0.309 e. The second kappa shape index (κ2) is 9.01. The molecule has 0 aromatic carbocycles. The number of carbonyl (C=O) groups excluding carboxylic acids is 1. The molecule has 0 bridgehead atoms. The number of aromatic nitrogens is 1. The summed E-state index contributed by atoms with van der Waals surface area (Å²) in [6.45, 7) is 11.6. The van der Waals surface area contributed by atoms with Crippen LogP contribution in [0.1, 0.15) is 42.3 Å². The molecule has 0 radical (unpaired) electrons. The summed E-state index contributed by atoms with van der Waals surface area (Å²) in [5.41, 5.74) is 1.07. The van der Waals surface area contributed by atoms with E-state index in [4.69, 9.17) is 9.73 Å². The first-order valence-electron chi connectivity index (χ1n) is 8.67. The number of aryl methyl sites for hydroxylation is 2. The number of guanidine groups is 1. The number of likely N-dealkylation sites (tertiary alicyclic amines) is 1. The highest BCUT2D eigenvalue weighted by molar-refractivity contribution is 7.11. The molecular formula is C17H28N4O2S. The Bertz CT molecular complexity index is 577. The van der Waals surface area contributed by atoms with Crippen LogP contribution in [0, 0.1) is 19.8 Å². The number of hydrogen-bond acceptors (Lipinski definition) is 5. The Balaban J connectivity index is 1.97. The largest absolute Gasteiger partial charge is 0.466 e. The SMILES string of the molecule is CCNC(=NCc1sc(C)nc1C)N1CCC(C(=O)OCC)CC1. The summed E-state index contributed by atoms with van der Waals surface area (Å²) in [5, 5.41) is 4.44. The van der Waals surface area contributed by atoms with Crippen molar-refractivity contribution in [2.45, 2.75) is 47.1 Å². The van der Waals surface area contributed by atoms with Gasteiger partial charge in [-0.1, -0.05) is 0 Å².